The first-order valence-electron chi connectivity index (χ1n) is 5.31. The number of hydrogen-bond acceptors (Lipinski definition) is 2. The van der Waals surface area contributed by atoms with Gasteiger partial charge >= 0.3 is 118 Å². The normalized spacial score (nSPS) is 18.7. The zero-order chi connectivity index (χ0) is 10.5. The van der Waals surface area contributed by atoms with Gasteiger partial charge in [-0.1, -0.05) is 0 Å². The number of rotatable bonds is 3. The molecule has 0 unspecified atom stereocenters. The maximum absolute atomic E-state index is 2.76. The van der Waals surface area contributed by atoms with Crippen LogP contribution in [0.5, 0.6) is 0 Å². The summed E-state index contributed by atoms with van der Waals surface area (Å²) >= 11 is -0.757. The van der Waals surface area contributed by atoms with Gasteiger partial charge in [0.15, 0.2) is 0 Å². The summed E-state index contributed by atoms with van der Waals surface area (Å²) in [7, 11) is 0. The van der Waals surface area contributed by atoms with E-state index in [1.165, 1.54) is 26.2 Å². The van der Waals surface area contributed by atoms with Crippen LogP contribution in [0.25, 0.3) is 0 Å². The first-order valence-corrected chi connectivity index (χ1v) is 12.2. The molecule has 0 atom stereocenters. The Hall–Kier alpha value is 0.932. The van der Waals surface area contributed by atoms with E-state index in [0.717, 1.165) is 0 Å². The van der Waals surface area contributed by atoms with E-state index in [4.69, 9.17) is 0 Å². The Bertz CT molecular complexity index is 286. The molecule has 1 saturated heterocycles. The Morgan fingerprint density at radius 2 is 1.73 bits per heavy atom. The van der Waals surface area contributed by atoms with Gasteiger partial charge < -0.3 is 0 Å². The predicted molar refractivity (Wildman–Crippen MR) is 55.1 cm³/mol. The number of nitrogens with zero attached hydrogens (tertiary/aromatic N) is 2. The van der Waals surface area contributed by atoms with Crippen molar-refractivity contribution in [2.24, 2.45) is 0 Å². The Labute approximate surface area is 117 Å². The van der Waals surface area contributed by atoms with Crippen molar-refractivity contribution in [3.05, 3.63) is 30.3 Å². The maximum atomic E-state index is 2.76. The van der Waals surface area contributed by atoms with Gasteiger partial charge in [0, 0.05) is 0 Å². The monoisotopic (exact) mass is 449 g/mol. The molecule has 0 N–H and O–H groups in total. The third-order valence-corrected chi connectivity index (χ3v) is 9.68. The summed E-state index contributed by atoms with van der Waals surface area (Å²) < 4.78 is 7.11. The zero-order valence-electron chi connectivity index (χ0n) is 9.10. The summed E-state index contributed by atoms with van der Waals surface area (Å²) in [6.45, 7) is 5.37. The molecule has 1 heterocycles. The molecule has 1 fully saturated rings. The van der Waals surface area contributed by atoms with E-state index in [0.29, 0.717) is 0 Å². The van der Waals surface area contributed by atoms with Crippen molar-refractivity contribution in [2.75, 3.05) is 26.2 Å². The Kier molecular flexibility index (Phi) is 5.46. The molecule has 0 saturated carbocycles. The summed E-state index contributed by atoms with van der Waals surface area (Å²) in [6, 6.07) is 11.1. The SMILES string of the molecule is [CH3][W][N]1CC[N]([Y][c]2ccccc2)CC1. The summed E-state index contributed by atoms with van der Waals surface area (Å²) in [4.78, 5) is 0. The number of hydrogen-bond donors (Lipinski definition) is 0. The fourth-order valence-corrected chi connectivity index (χ4v) is 6.87. The van der Waals surface area contributed by atoms with Crippen LogP contribution in [0.2, 0.25) is 5.31 Å². The van der Waals surface area contributed by atoms with Crippen LogP contribution < -0.4 is 2.37 Å². The summed E-state index contributed by atoms with van der Waals surface area (Å²) in [5.74, 6) is 0. The van der Waals surface area contributed by atoms with Gasteiger partial charge in [-0.15, -0.1) is 0 Å². The van der Waals surface area contributed by atoms with Crippen molar-refractivity contribution in [2.45, 2.75) is 5.31 Å². The van der Waals surface area contributed by atoms with Gasteiger partial charge in [-0.3, -0.25) is 0 Å². The molecule has 1 aliphatic heterocycles. The van der Waals surface area contributed by atoms with Crippen molar-refractivity contribution < 1.29 is 48.3 Å². The van der Waals surface area contributed by atoms with Gasteiger partial charge in [-0.05, 0) is 0 Å². The molecule has 15 heavy (non-hydrogen) atoms. The van der Waals surface area contributed by atoms with E-state index >= 15 is 0 Å². The molecule has 79 valence electrons. The first kappa shape index (κ1) is 12.4. The molecule has 0 aromatic heterocycles. The fraction of sp³-hybridized carbons (Fsp3) is 0.455. The van der Waals surface area contributed by atoms with E-state index in [9.17, 15) is 0 Å². The van der Waals surface area contributed by atoms with Crippen LogP contribution >= 0.6 is 0 Å². The van der Waals surface area contributed by atoms with E-state index in [-0.39, 0.29) is 18.8 Å². The second kappa shape index (κ2) is 6.62. The molecular weight excluding hydrogens is 433 g/mol. The standard InChI is InChI=1S/C6H5.C4H8N2.CH3.W.Y/c1-2-4-6-5-3-1;1-2-6-4-3-5-1;;;/h1-5H;1-4H2;1H3;;/q;-2;;2*+1. The second-order valence-electron chi connectivity index (χ2n) is 3.69. The summed E-state index contributed by atoms with van der Waals surface area (Å²) in [5.41, 5.74) is 0. The van der Waals surface area contributed by atoms with Gasteiger partial charge in [-0.25, -0.2) is 0 Å². The number of piperazine rings is 1. The molecule has 0 radical (unpaired) electrons. The van der Waals surface area contributed by atoms with Crippen molar-refractivity contribution in [3.8, 4) is 0 Å². The molecule has 0 amide bonds. The predicted octanol–water partition coefficient (Wildman–Crippen LogP) is 0.973. The minimum absolute atomic E-state index is 0.119. The van der Waals surface area contributed by atoms with E-state index < -0.39 is 29.5 Å². The topological polar surface area (TPSA) is 6.48 Å². The van der Waals surface area contributed by atoms with Gasteiger partial charge in [0.2, 0.25) is 0 Å². The molecule has 4 heteroatoms. The molecular formula is C11H16N2WY. The molecule has 0 bridgehead atoms. The minimum atomic E-state index is -0.637. The van der Waals surface area contributed by atoms with Crippen molar-refractivity contribution in [1.82, 2.24) is 5.49 Å². The molecule has 1 aliphatic rings. The Morgan fingerprint density at radius 3 is 2.33 bits per heavy atom. The van der Waals surface area contributed by atoms with Gasteiger partial charge in [0.05, 0.1) is 0 Å². The molecule has 1 aromatic carbocycles. The van der Waals surface area contributed by atoms with Gasteiger partial charge in [0.1, 0.15) is 0 Å². The fourth-order valence-electron chi connectivity index (χ4n) is 1.77. The van der Waals surface area contributed by atoms with Crippen LogP contribution in [0.15, 0.2) is 30.3 Å². The Balaban J connectivity index is 1.82. The van der Waals surface area contributed by atoms with Crippen LogP contribution in [-0.2, 0) is 48.3 Å². The van der Waals surface area contributed by atoms with Crippen molar-refractivity contribution in [1.29, 1.82) is 0 Å². The van der Waals surface area contributed by atoms with Crippen molar-refractivity contribution in [3.63, 3.8) is 0 Å². The second-order valence-corrected chi connectivity index (χ2v) is 10.9. The van der Waals surface area contributed by atoms with Crippen LogP contribution in [-0.4, -0.2) is 31.7 Å². The van der Waals surface area contributed by atoms with Gasteiger partial charge in [-0.2, -0.15) is 0 Å². The Morgan fingerprint density at radius 1 is 1.07 bits per heavy atom. The average molecular weight is 449 g/mol. The summed E-state index contributed by atoms with van der Waals surface area (Å²) in [6.07, 6.45) is 0. The van der Waals surface area contributed by atoms with Crippen LogP contribution in [0.1, 0.15) is 0 Å². The first-order chi connectivity index (χ1) is 7.38. The molecule has 1 aromatic rings. The molecule has 0 spiro atoms. The quantitative estimate of drug-likeness (QED) is 0.680. The number of benzene rings is 1. The van der Waals surface area contributed by atoms with Crippen LogP contribution in [0, 0.1) is 0 Å². The summed E-state index contributed by atoms with van der Waals surface area (Å²) in [5, 5.41) is 2.43. The van der Waals surface area contributed by atoms with E-state index in [1.54, 1.807) is 2.37 Å². The third-order valence-electron chi connectivity index (χ3n) is 2.66. The van der Waals surface area contributed by atoms with Crippen molar-refractivity contribution >= 4 is 2.37 Å². The average Bonchev–Trinajstić information content (AvgIpc) is 2.31. The molecule has 0 aliphatic carbocycles. The zero-order valence-corrected chi connectivity index (χ0v) is 14.9. The molecule has 2 rings (SSSR count). The van der Waals surface area contributed by atoms with Crippen LogP contribution in [0.4, 0.5) is 0 Å². The molecule has 2 nitrogen and oxygen atoms in total. The van der Waals surface area contributed by atoms with E-state index in [1.807, 2.05) is 0 Å². The third kappa shape index (κ3) is 4.02. The van der Waals surface area contributed by atoms with Gasteiger partial charge in [0.25, 0.3) is 0 Å². The van der Waals surface area contributed by atoms with E-state index in [2.05, 4.69) is 41.1 Å². The van der Waals surface area contributed by atoms with Crippen LogP contribution in [0.3, 0.4) is 0 Å².